The van der Waals surface area contributed by atoms with Gasteiger partial charge in [0.25, 0.3) is 0 Å². The second-order valence-corrected chi connectivity index (χ2v) is 2.91. The van der Waals surface area contributed by atoms with Gasteiger partial charge in [-0.3, -0.25) is 0 Å². The van der Waals surface area contributed by atoms with Crippen LogP contribution in [0.2, 0.25) is 0 Å². The summed E-state index contributed by atoms with van der Waals surface area (Å²) in [5.74, 6) is 0. The number of ether oxygens (including phenoxy) is 1. The first-order valence-electron chi connectivity index (χ1n) is 3.43. The Hall–Kier alpha value is -0.120. The summed E-state index contributed by atoms with van der Waals surface area (Å²) in [4.78, 5) is 10.0. The highest BCUT2D eigenvalue weighted by molar-refractivity contribution is 5.02. The lowest BCUT2D eigenvalue weighted by Gasteiger charge is -2.30. The second-order valence-electron chi connectivity index (χ2n) is 2.91. The third-order valence-electron chi connectivity index (χ3n) is 2.33. The summed E-state index contributed by atoms with van der Waals surface area (Å²) < 4.78 is 5.31. The zero-order valence-electron chi connectivity index (χ0n) is 4.95. The number of epoxide rings is 1. The lowest BCUT2D eigenvalue weighted by atomic mass is 9.94. The smallest absolute Gasteiger partial charge is 0.122 e. The summed E-state index contributed by atoms with van der Waals surface area (Å²) in [6, 6.07) is 0. The first kappa shape index (κ1) is 4.66. The van der Waals surface area contributed by atoms with Crippen LogP contribution in [0.4, 0.5) is 0 Å². The lowest BCUT2D eigenvalue weighted by Crippen LogP contribution is -2.41. The number of hydrogen-bond donors (Lipinski definition) is 0. The predicted octanol–water partition coefficient (Wildman–Crippen LogP) is 0.247. The summed E-state index contributed by atoms with van der Waals surface area (Å²) in [6.45, 7) is 0. The van der Waals surface area contributed by atoms with Crippen LogP contribution < -0.4 is 0 Å². The molecule has 3 heteroatoms. The Kier molecular flexibility index (Phi) is 0.678. The molecule has 0 amide bonds. The Balaban J connectivity index is 1.93. The van der Waals surface area contributed by atoms with E-state index in [1.54, 1.807) is 0 Å². The van der Waals surface area contributed by atoms with Gasteiger partial charge in [0, 0.05) is 0 Å². The van der Waals surface area contributed by atoms with Crippen molar-refractivity contribution in [3.05, 3.63) is 0 Å². The molecule has 0 aromatic carbocycles. The molecule has 4 fully saturated rings. The van der Waals surface area contributed by atoms with Crippen LogP contribution in [0.15, 0.2) is 0 Å². The van der Waals surface area contributed by atoms with E-state index in [-0.39, 0.29) is 12.2 Å². The molecule has 3 nitrogen and oxygen atoms in total. The van der Waals surface area contributed by atoms with Gasteiger partial charge in [0.1, 0.15) is 24.4 Å². The van der Waals surface area contributed by atoms with Crippen molar-refractivity contribution in [1.29, 1.82) is 0 Å². The Labute approximate surface area is 52.8 Å². The average molecular weight is 128 g/mol. The van der Waals surface area contributed by atoms with Gasteiger partial charge in [-0.1, -0.05) is 0 Å². The number of hydrogen-bond acceptors (Lipinski definition) is 3. The zero-order valence-corrected chi connectivity index (χ0v) is 4.95. The third kappa shape index (κ3) is 0.478. The summed E-state index contributed by atoms with van der Waals surface area (Å²) in [5, 5.41) is 0. The molecule has 4 rings (SSSR count). The van der Waals surface area contributed by atoms with Crippen LogP contribution in [0, 0.1) is 0 Å². The molecule has 4 aliphatic rings. The summed E-state index contributed by atoms with van der Waals surface area (Å²) in [7, 11) is 0. The molecule has 0 unspecified atom stereocenters. The van der Waals surface area contributed by atoms with Gasteiger partial charge < -0.3 is 4.74 Å². The minimum absolute atomic E-state index is 0.250. The Bertz CT molecular complexity index is 123. The fraction of sp³-hybridized carbons (Fsp3) is 1.00. The Morgan fingerprint density at radius 2 is 1.44 bits per heavy atom. The minimum atomic E-state index is 0.250. The van der Waals surface area contributed by atoms with E-state index in [2.05, 4.69) is 0 Å². The highest BCUT2D eigenvalue weighted by Gasteiger charge is 2.58. The molecule has 0 N–H and O–H groups in total. The van der Waals surface area contributed by atoms with Gasteiger partial charge in [-0.15, -0.1) is 0 Å². The molecule has 50 valence electrons. The van der Waals surface area contributed by atoms with E-state index in [9.17, 15) is 0 Å². The van der Waals surface area contributed by atoms with Crippen molar-refractivity contribution in [2.75, 3.05) is 0 Å². The van der Waals surface area contributed by atoms with Crippen LogP contribution in [0.3, 0.4) is 0 Å². The molecule has 3 saturated heterocycles. The van der Waals surface area contributed by atoms with Gasteiger partial charge in [-0.05, 0) is 12.8 Å². The van der Waals surface area contributed by atoms with Crippen molar-refractivity contribution in [2.45, 2.75) is 37.3 Å². The van der Waals surface area contributed by atoms with E-state index in [1.807, 2.05) is 0 Å². The molecule has 3 aliphatic heterocycles. The average Bonchev–Trinajstić information content (AvgIpc) is 2.68. The van der Waals surface area contributed by atoms with Crippen molar-refractivity contribution in [3.8, 4) is 0 Å². The van der Waals surface area contributed by atoms with E-state index in [4.69, 9.17) is 14.5 Å². The molecule has 3 heterocycles. The number of fused-ring (bicyclic) bond motifs is 2. The van der Waals surface area contributed by atoms with E-state index in [1.165, 1.54) is 0 Å². The molecule has 1 aliphatic carbocycles. The van der Waals surface area contributed by atoms with Gasteiger partial charge in [-0.2, -0.15) is 0 Å². The molecule has 0 aromatic heterocycles. The molecule has 4 atom stereocenters. The van der Waals surface area contributed by atoms with Gasteiger partial charge in [-0.25, -0.2) is 9.78 Å². The molecule has 0 aromatic rings. The number of rotatable bonds is 0. The largest absolute Gasteiger partial charge is 0.364 e. The van der Waals surface area contributed by atoms with E-state index >= 15 is 0 Å². The quantitative estimate of drug-likeness (QED) is 0.346. The molecule has 9 heavy (non-hydrogen) atoms. The van der Waals surface area contributed by atoms with E-state index in [0.717, 1.165) is 12.8 Å². The first-order valence-corrected chi connectivity index (χ1v) is 3.43. The molecule has 0 spiro atoms. The van der Waals surface area contributed by atoms with Crippen LogP contribution >= 0.6 is 0 Å². The molecule has 0 radical (unpaired) electrons. The molecular formula is C6H8O3. The molecular weight excluding hydrogens is 120 g/mol. The monoisotopic (exact) mass is 128 g/mol. The summed E-state index contributed by atoms with van der Waals surface area (Å²) in [6.07, 6.45) is 3.51. The highest BCUT2D eigenvalue weighted by Crippen LogP contribution is 2.44. The summed E-state index contributed by atoms with van der Waals surface area (Å²) >= 11 is 0. The van der Waals surface area contributed by atoms with Gasteiger partial charge in [0.15, 0.2) is 0 Å². The maximum atomic E-state index is 5.31. The normalized spacial score (nSPS) is 61.3. The lowest BCUT2D eigenvalue weighted by molar-refractivity contribution is -0.386. The standard InChI is InChI=1S/C6H8O3/c1-2-4-6-5(7-6)3(1)8-9-4/h3-6H,1-2H2/t3-,4-,5-,6-/m1/s1. The third-order valence-corrected chi connectivity index (χ3v) is 2.33. The predicted molar refractivity (Wildman–Crippen MR) is 27.6 cm³/mol. The van der Waals surface area contributed by atoms with Crippen molar-refractivity contribution >= 4 is 0 Å². The van der Waals surface area contributed by atoms with Crippen LogP contribution in [-0.4, -0.2) is 24.4 Å². The van der Waals surface area contributed by atoms with Gasteiger partial charge in [0.05, 0.1) is 0 Å². The van der Waals surface area contributed by atoms with E-state index in [0.29, 0.717) is 12.2 Å². The van der Waals surface area contributed by atoms with Crippen LogP contribution in [0.5, 0.6) is 0 Å². The first-order chi connectivity index (χ1) is 4.45. The SMILES string of the molecule is C1C[C@H]2OO[C@H]1[C@H]1O[C@@H]12. The minimum Gasteiger partial charge on any atom is -0.364 e. The van der Waals surface area contributed by atoms with Crippen LogP contribution in [-0.2, 0) is 14.5 Å². The molecule has 1 saturated carbocycles. The van der Waals surface area contributed by atoms with E-state index < -0.39 is 0 Å². The topological polar surface area (TPSA) is 31.0 Å². The van der Waals surface area contributed by atoms with Crippen molar-refractivity contribution in [2.24, 2.45) is 0 Å². The fourth-order valence-corrected chi connectivity index (χ4v) is 1.74. The maximum absolute atomic E-state index is 5.31. The molecule has 2 bridgehead atoms. The fourth-order valence-electron chi connectivity index (χ4n) is 1.74. The van der Waals surface area contributed by atoms with Gasteiger partial charge in [0.2, 0.25) is 0 Å². The maximum Gasteiger partial charge on any atom is 0.122 e. The summed E-state index contributed by atoms with van der Waals surface area (Å²) in [5.41, 5.74) is 0. The highest BCUT2D eigenvalue weighted by atomic mass is 17.2. The van der Waals surface area contributed by atoms with Crippen molar-refractivity contribution < 1.29 is 14.5 Å². The van der Waals surface area contributed by atoms with Crippen molar-refractivity contribution in [1.82, 2.24) is 0 Å². The van der Waals surface area contributed by atoms with Crippen molar-refractivity contribution in [3.63, 3.8) is 0 Å². The van der Waals surface area contributed by atoms with Crippen LogP contribution in [0.25, 0.3) is 0 Å². The zero-order chi connectivity index (χ0) is 5.84. The van der Waals surface area contributed by atoms with Crippen LogP contribution in [0.1, 0.15) is 12.8 Å². The second kappa shape index (κ2) is 1.31. The Morgan fingerprint density at radius 3 is 1.78 bits per heavy atom. The Morgan fingerprint density at radius 1 is 0.889 bits per heavy atom. The van der Waals surface area contributed by atoms with Gasteiger partial charge >= 0.3 is 0 Å².